The zero-order chi connectivity index (χ0) is 19.1. The molecule has 2 aromatic rings. The molecule has 4 nitrogen and oxygen atoms in total. The predicted octanol–water partition coefficient (Wildman–Crippen LogP) is 4.44. The molecule has 0 spiro atoms. The highest BCUT2D eigenvalue weighted by molar-refractivity contribution is 7.98. The van der Waals surface area contributed by atoms with Crippen LogP contribution in [0.25, 0.3) is 6.08 Å². The smallest absolute Gasteiger partial charge is 0.331 e. The second kappa shape index (κ2) is 9.20. The molecule has 0 bridgehead atoms. The third-order valence-corrected chi connectivity index (χ3v) is 4.37. The minimum absolute atomic E-state index is 0.311. The number of nitrogens with one attached hydrogen (secondary N) is 1. The van der Waals surface area contributed by atoms with Crippen LogP contribution in [0.4, 0.5) is 10.1 Å². The minimum Gasteiger partial charge on any atom is -0.449 e. The number of ether oxygens (including phenoxy) is 1. The molecule has 0 unspecified atom stereocenters. The van der Waals surface area contributed by atoms with Crippen LogP contribution in [0.15, 0.2) is 53.4 Å². The van der Waals surface area contributed by atoms with Crippen molar-refractivity contribution in [2.24, 2.45) is 0 Å². The Morgan fingerprint density at radius 3 is 2.50 bits per heavy atom. The fraction of sp³-hybridized carbons (Fsp3) is 0.200. The molecule has 26 heavy (non-hydrogen) atoms. The quantitative estimate of drug-likeness (QED) is 0.462. The van der Waals surface area contributed by atoms with E-state index in [1.165, 1.54) is 19.1 Å². The average molecular weight is 373 g/mol. The summed E-state index contributed by atoms with van der Waals surface area (Å²) < 4.78 is 18.6. The van der Waals surface area contributed by atoms with Gasteiger partial charge in [0.15, 0.2) is 6.10 Å². The van der Waals surface area contributed by atoms with Crippen molar-refractivity contribution < 1.29 is 18.7 Å². The van der Waals surface area contributed by atoms with Crippen LogP contribution in [-0.4, -0.2) is 24.2 Å². The summed E-state index contributed by atoms with van der Waals surface area (Å²) in [5.74, 6) is -1.57. The number of esters is 1. The second-order valence-corrected chi connectivity index (χ2v) is 6.52. The van der Waals surface area contributed by atoms with Crippen molar-refractivity contribution in [2.75, 3.05) is 11.6 Å². The molecule has 1 amide bonds. The van der Waals surface area contributed by atoms with E-state index in [2.05, 4.69) is 5.32 Å². The SMILES string of the molecule is CSc1ccc(/C=C/C(=O)O[C@H](C)C(=O)Nc2ccc(C)c(F)c2)cc1. The summed E-state index contributed by atoms with van der Waals surface area (Å²) in [5, 5.41) is 2.52. The topological polar surface area (TPSA) is 55.4 Å². The number of hydrogen-bond acceptors (Lipinski definition) is 4. The number of carbonyl (C=O) groups excluding carboxylic acids is 2. The standard InChI is InChI=1S/C20H20FNO3S/c1-13-4-8-16(12-18(13)21)22-20(24)14(2)25-19(23)11-7-15-5-9-17(26-3)10-6-15/h4-12,14H,1-3H3,(H,22,24)/b11-7+/t14-/m1/s1. The van der Waals surface area contributed by atoms with E-state index in [1.807, 2.05) is 30.5 Å². The summed E-state index contributed by atoms with van der Waals surface area (Å²) in [5.41, 5.74) is 1.65. The van der Waals surface area contributed by atoms with Gasteiger partial charge in [-0.15, -0.1) is 11.8 Å². The number of thioether (sulfide) groups is 1. The summed E-state index contributed by atoms with van der Waals surface area (Å²) in [4.78, 5) is 25.0. The van der Waals surface area contributed by atoms with Gasteiger partial charge in [0.2, 0.25) is 0 Å². The van der Waals surface area contributed by atoms with Crippen LogP contribution in [0.1, 0.15) is 18.1 Å². The lowest BCUT2D eigenvalue weighted by molar-refractivity contribution is -0.148. The summed E-state index contributed by atoms with van der Waals surface area (Å²) in [6.07, 6.45) is 3.87. The number of amides is 1. The van der Waals surface area contributed by atoms with Gasteiger partial charge in [-0.25, -0.2) is 9.18 Å². The Morgan fingerprint density at radius 2 is 1.88 bits per heavy atom. The maximum absolute atomic E-state index is 13.5. The molecule has 0 aliphatic heterocycles. The summed E-state index contributed by atoms with van der Waals surface area (Å²) >= 11 is 1.63. The van der Waals surface area contributed by atoms with E-state index in [-0.39, 0.29) is 0 Å². The van der Waals surface area contributed by atoms with Gasteiger partial charge in [-0.05, 0) is 61.6 Å². The fourth-order valence-electron chi connectivity index (χ4n) is 2.06. The van der Waals surface area contributed by atoms with Crippen LogP contribution in [0.2, 0.25) is 0 Å². The van der Waals surface area contributed by atoms with Gasteiger partial charge in [-0.3, -0.25) is 4.79 Å². The molecule has 6 heteroatoms. The molecule has 0 aromatic heterocycles. The molecule has 1 N–H and O–H groups in total. The van der Waals surface area contributed by atoms with Crippen LogP contribution in [0.5, 0.6) is 0 Å². The third-order valence-electron chi connectivity index (χ3n) is 3.63. The lowest BCUT2D eigenvalue weighted by Gasteiger charge is -2.12. The van der Waals surface area contributed by atoms with Gasteiger partial charge in [-0.1, -0.05) is 18.2 Å². The molecule has 0 aliphatic carbocycles. The van der Waals surface area contributed by atoms with E-state index in [0.717, 1.165) is 10.5 Å². The Hall–Kier alpha value is -2.60. The number of aryl methyl sites for hydroxylation is 1. The Balaban J connectivity index is 1.89. The highest BCUT2D eigenvalue weighted by Gasteiger charge is 2.17. The zero-order valence-corrected chi connectivity index (χ0v) is 15.6. The number of hydrogen-bond donors (Lipinski definition) is 1. The normalized spacial score (nSPS) is 12.0. The Labute approximate surface area is 156 Å². The number of halogens is 1. The largest absolute Gasteiger partial charge is 0.449 e. The van der Waals surface area contributed by atoms with Crippen molar-refractivity contribution in [3.8, 4) is 0 Å². The van der Waals surface area contributed by atoms with Crippen molar-refractivity contribution in [1.29, 1.82) is 0 Å². The van der Waals surface area contributed by atoms with Crippen LogP contribution in [-0.2, 0) is 14.3 Å². The molecule has 2 rings (SSSR count). The molecule has 0 aliphatic rings. The van der Waals surface area contributed by atoms with Crippen molar-refractivity contribution in [3.05, 3.63) is 65.5 Å². The minimum atomic E-state index is -1.00. The summed E-state index contributed by atoms with van der Waals surface area (Å²) in [6.45, 7) is 3.09. The third kappa shape index (κ3) is 5.74. The van der Waals surface area contributed by atoms with Gasteiger partial charge >= 0.3 is 5.97 Å². The first kappa shape index (κ1) is 19.7. The van der Waals surface area contributed by atoms with Gasteiger partial charge in [0, 0.05) is 16.7 Å². The Kier molecular flexibility index (Phi) is 6.97. The highest BCUT2D eigenvalue weighted by atomic mass is 32.2. The summed E-state index contributed by atoms with van der Waals surface area (Å²) in [6, 6.07) is 12.0. The average Bonchev–Trinajstić information content (AvgIpc) is 2.63. The van der Waals surface area contributed by atoms with Gasteiger partial charge in [-0.2, -0.15) is 0 Å². The molecule has 2 aromatic carbocycles. The van der Waals surface area contributed by atoms with Crippen LogP contribution >= 0.6 is 11.8 Å². The number of anilines is 1. The molecule has 0 fully saturated rings. The van der Waals surface area contributed by atoms with E-state index < -0.39 is 23.8 Å². The van der Waals surface area contributed by atoms with E-state index in [4.69, 9.17) is 4.74 Å². The molecule has 0 saturated heterocycles. The maximum Gasteiger partial charge on any atom is 0.331 e. The second-order valence-electron chi connectivity index (χ2n) is 5.64. The van der Waals surface area contributed by atoms with Crippen molar-refractivity contribution in [2.45, 2.75) is 24.8 Å². The number of benzene rings is 2. The lowest BCUT2D eigenvalue weighted by Crippen LogP contribution is -2.29. The number of rotatable bonds is 6. The molecule has 136 valence electrons. The molecule has 1 atom stereocenters. The molecular formula is C20H20FNO3S. The first-order valence-corrected chi connectivity index (χ1v) is 9.21. The van der Waals surface area contributed by atoms with Crippen LogP contribution < -0.4 is 5.32 Å². The molecule has 0 heterocycles. The van der Waals surface area contributed by atoms with Crippen molar-refractivity contribution >= 4 is 35.4 Å². The van der Waals surface area contributed by atoms with Gasteiger partial charge in [0.05, 0.1) is 0 Å². The zero-order valence-electron chi connectivity index (χ0n) is 14.8. The Bertz CT molecular complexity index is 818. The van der Waals surface area contributed by atoms with Gasteiger partial charge < -0.3 is 10.1 Å². The van der Waals surface area contributed by atoms with Gasteiger partial charge in [0.25, 0.3) is 5.91 Å². The monoisotopic (exact) mass is 373 g/mol. The molecule has 0 radical (unpaired) electrons. The summed E-state index contributed by atoms with van der Waals surface area (Å²) in [7, 11) is 0. The lowest BCUT2D eigenvalue weighted by atomic mass is 10.2. The Morgan fingerprint density at radius 1 is 1.19 bits per heavy atom. The van der Waals surface area contributed by atoms with Gasteiger partial charge in [0.1, 0.15) is 5.82 Å². The van der Waals surface area contributed by atoms with Crippen molar-refractivity contribution in [1.82, 2.24) is 0 Å². The van der Waals surface area contributed by atoms with E-state index in [0.29, 0.717) is 11.3 Å². The van der Waals surface area contributed by atoms with E-state index in [1.54, 1.807) is 36.9 Å². The fourth-order valence-corrected chi connectivity index (χ4v) is 2.47. The number of carbonyl (C=O) groups is 2. The first-order chi connectivity index (χ1) is 12.4. The highest BCUT2D eigenvalue weighted by Crippen LogP contribution is 2.16. The maximum atomic E-state index is 13.5. The van der Waals surface area contributed by atoms with E-state index in [9.17, 15) is 14.0 Å². The molecule has 0 saturated carbocycles. The first-order valence-electron chi connectivity index (χ1n) is 7.99. The van der Waals surface area contributed by atoms with E-state index >= 15 is 0 Å². The van der Waals surface area contributed by atoms with Crippen LogP contribution in [0, 0.1) is 12.7 Å². The molecular weight excluding hydrogens is 353 g/mol. The van der Waals surface area contributed by atoms with Crippen molar-refractivity contribution in [3.63, 3.8) is 0 Å². The predicted molar refractivity (Wildman–Crippen MR) is 103 cm³/mol. The van der Waals surface area contributed by atoms with Crippen LogP contribution in [0.3, 0.4) is 0 Å².